The van der Waals surface area contributed by atoms with Gasteiger partial charge in [-0.3, -0.25) is 14.9 Å². The highest BCUT2D eigenvalue weighted by Crippen LogP contribution is 2.17. The number of carbonyl (C=O) groups excluding carboxylic acids is 1. The van der Waals surface area contributed by atoms with E-state index in [4.69, 9.17) is 5.11 Å². The molecule has 0 saturated carbocycles. The van der Waals surface area contributed by atoms with Crippen molar-refractivity contribution in [2.45, 2.75) is 13.8 Å². The predicted molar refractivity (Wildman–Crippen MR) is 76.2 cm³/mol. The first-order valence-corrected chi connectivity index (χ1v) is 6.38. The Morgan fingerprint density at radius 3 is 2.67 bits per heavy atom. The highest BCUT2D eigenvalue weighted by Gasteiger charge is 2.19. The van der Waals surface area contributed by atoms with Crippen molar-refractivity contribution < 1.29 is 19.6 Å². The van der Waals surface area contributed by atoms with Gasteiger partial charge in [0.15, 0.2) is 0 Å². The van der Waals surface area contributed by atoms with Crippen LogP contribution >= 0.6 is 0 Å². The van der Waals surface area contributed by atoms with Gasteiger partial charge in [0.25, 0.3) is 5.69 Å². The lowest BCUT2D eigenvalue weighted by atomic mass is 10.2. The van der Waals surface area contributed by atoms with Gasteiger partial charge in [-0.05, 0) is 13.0 Å². The van der Waals surface area contributed by atoms with Gasteiger partial charge < -0.3 is 15.3 Å². The van der Waals surface area contributed by atoms with Crippen molar-refractivity contribution in [1.29, 1.82) is 0 Å². The van der Waals surface area contributed by atoms with E-state index in [1.165, 1.54) is 36.1 Å². The molecule has 1 rings (SSSR count). The summed E-state index contributed by atoms with van der Waals surface area (Å²) in [7, 11) is 0. The summed E-state index contributed by atoms with van der Waals surface area (Å²) in [5.74, 6) is -1.68. The fourth-order valence-corrected chi connectivity index (χ4v) is 1.66. The summed E-state index contributed by atoms with van der Waals surface area (Å²) in [5.41, 5.74) is 0.158. The molecule has 2 amide bonds. The van der Waals surface area contributed by atoms with Crippen LogP contribution in [0.1, 0.15) is 13.8 Å². The summed E-state index contributed by atoms with van der Waals surface area (Å²) in [5, 5.41) is 22.1. The summed E-state index contributed by atoms with van der Waals surface area (Å²) in [4.78, 5) is 34.3. The third-order valence-electron chi connectivity index (χ3n) is 2.89. The van der Waals surface area contributed by atoms with Gasteiger partial charge in [0, 0.05) is 30.9 Å². The van der Waals surface area contributed by atoms with E-state index in [2.05, 4.69) is 5.32 Å². The second-order valence-electron chi connectivity index (χ2n) is 4.52. The second kappa shape index (κ2) is 7.22. The van der Waals surface area contributed by atoms with Gasteiger partial charge >= 0.3 is 12.0 Å². The van der Waals surface area contributed by atoms with Crippen molar-refractivity contribution in [1.82, 2.24) is 4.90 Å². The Hall–Kier alpha value is -2.64. The molecule has 0 heterocycles. The molecule has 1 aromatic carbocycles. The average Bonchev–Trinajstić information content (AvgIpc) is 2.44. The molecule has 1 aromatic rings. The molecule has 8 heteroatoms. The van der Waals surface area contributed by atoms with Crippen LogP contribution in [0.25, 0.3) is 0 Å². The highest BCUT2D eigenvalue weighted by atomic mass is 16.6. The lowest BCUT2D eigenvalue weighted by Gasteiger charge is -2.23. The molecule has 0 fully saturated rings. The van der Waals surface area contributed by atoms with Gasteiger partial charge in [-0.1, -0.05) is 13.0 Å². The fourth-order valence-electron chi connectivity index (χ4n) is 1.66. The third kappa shape index (κ3) is 4.75. The van der Waals surface area contributed by atoms with Gasteiger partial charge in [-0.15, -0.1) is 0 Å². The van der Waals surface area contributed by atoms with E-state index in [9.17, 15) is 19.7 Å². The number of anilines is 1. The number of rotatable bonds is 6. The molecule has 1 unspecified atom stereocenters. The minimum atomic E-state index is -0.989. The first-order chi connectivity index (χ1) is 9.85. The zero-order valence-corrected chi connectivity index (χ0v) is 11.8. The number of non-ortho nitro benzene ring substituents is 1. The van der Waals surface area contributed by atoms with Crippen molar-refractivity contribution in [3.63, 3.8) is 0 Å². The summed E-state index contributed by atoms with van der Waals surface area (Å²) in [6, 6.07) is 5.06. The Balaban J connectivity index is 2.76. The molecule has 0 aliphatic carbocycles. The molecule has 0 radical (unpaired) electrons. The van der Waals surface area contributed by atoms with E-state index in [-0.39, 0.29) is 17.9 Å². The minimum absolute atomic E-state index is 0.0621. The first kappa shape index (κ1) is 16.4. The molecule has 0 aromatic heterocycles. The number of hydrogen-bond acceptors (Lipinski definition) is 4. The topological polar surface area (TPSA) is 113 Å². The van der Waals surface area contributed by atoms with E-state index in [0.29, 0.717) is 6.54 Å². The monoisotopic (exact) mass is 295 g/mol. The van der Waals surface area contributed by atoms with E-state index < -0.39 is 22.8 Å². The summed E-state index contributed by atoms with van der Waals surface area (Å²) in [6.07, 6.45) is 0. The van der Waals surface area contributed by atoms with E-state index in [1.807, 2.05) is 0 Å². The van der Waals surface area contributed by atoms with Gasteiger partial charge in [0.2, 0.25) is 0 Å². The molecular formula is C13H17N3O5. The summed E-state index contributed by atoms with van der Waals surface area (Å²) < 4.78 is 0. The van der Waals surface area contributed by atoms with Gasteiger partial charge in [-0.2, -0.15) is 0 Å². The van der Waals surface area contributed by atoms with Crippen molar-refractivity contribution in [3.05, 3.63) is 34.4 Å². The number of benzene rings is 1. The molecular weight excluding hydrogens is 278 g/mol. The number of urea groups is 1. The Morgan fingerprint density at radius 1 is 1.48 bits per heavy atom. The second-order valence-corrected chi connectivity index (χ2v) is 4.52. The van der Waals surface area contributed by atoms with Crippen LogP contribution in [0.15, 0.2) is 24.3 Å². The highest BCUT2D eigenvalue weighted by molar-refractivity contribution is 5.90. The smallest absolute Gasteiger partial charge is 0.321 e. The predicted octanol–water partition coefficient (Wildman–Crippen LogP) is 2.17. The standard InChI is InChI=1S/C13H17N3O5/c1-3-15(8-9(2)12(17)18)13(19)14-10-5-4-6-11(7-10)16(20)21/h4-7,9H,3,8H2,1-2H3,(H,14,19)(H,17,18). The number of nitro groups is 1. The van der Waals surface area contributed by atoms with Gasteiger partial charge in [0.1, 0.15) is 0 Å². The lowest BCUT2D eigenvalue weighted by molar-refractivity contribution is -0.384. The van der Waals surface area contributed by atoms with Crippen LogP contribution in [0.5, 0.6) is 0 Å². The van der Waals surface area contributed by atoms with Crippen LogP contribution in [0, 0.1) is 16.0 Å². The van der Waals surface area contributed by atoms with Gasteiger partial charge in [0.05, 0.1) is 10.8 Å². The minimum Gasteiger partial charge on any atom is -0.481 e. The SMILES string of the molecule is CCN(CC(C)C(=O)O)C(=O)Nc1cccc([N+](=O)[O-])c1. The normalized spacial score (nSPS) is 11.5. The molecule has 1 atom stereocenters. The molecule has 0 saturated heterocycles. The largest absolute Gasteiger partial charge is 0.481 e. The Morgan fingerprint density at radius 2 is 2.14 bits per heavy atom. The number of amides is 2. The van der Waals surface area contributed by atoms with E-state index in [1.54, 1.807) is 6.92 Å². The maximum Gasteiger partial charge on any atom is 0.321 e. The van der Waals surface area contributed by atoms with Crippen LogP contribution < -0.4 is 5.32 Å². The number of aliphatic carboxylic acids is 1. The maximum absolute atomic E-state index is 12.0. The van der Waals surface area contributed by atoms with E-state index in [0.717, 1.165) is 0 Å². The Labute approximate surface area is 121 Å². The number of carboxylic acids is 1. The molecule has 0 bridgehead atoms. The number of nitrogens with one attached hydrogen (secondary N) is 1. The van der Waals surface area contributed by atoms with Crippen LogP contribution in [0.4, 0.5) is 16.2 Å². The molecule has 0 aliphatic rings. The fraction of sp³-hybridized carbons (Fsp3) is 0.385. The molecule has 21 heavy (non-hydrogen) atoms. The first-order valence-electron chi connectivity index (χ1n) is 6.38. The summed E-state index contributed by atoms with van der Waals surface area (Å²) >= 11 is 0. The number of carbonyl (C=O) groups is 2. The Bertz CT molecular complexity index is 546. The molecule has 114 valence electrons. The number of nitro benzene ring substituents is 1. The summed E-state index contributed by atoms with van der Waals surface area (Å²) in [6.45, 7) is 3.62. The molecule has 0 aliphatic heterocycles. The number of hydrogen-bond donors (Lipinski definition) is 2. The number of carboxylic acid groups (broad SMARTS) is 1. The third-order valence-corrected chi connectivity index (χ3v) is 2.89. The van der Waals surface area contributed by atoms with Crippen LogP contribution in [0.2, 0.25) is 0 Å². The molecule has 2 N–H and O–H groups in total. The van der Waals surface area contributed by atoms with Crippen molar-refractivity contribution in [2.24, 2.45) is 5.92 Å². The molecule has 0 spiro atoms. The van der Waals surface area contributed by atoms with Crippen LogP contribution in [-0.2, 0) is 4.79 Å². The lowest BCUT2D eigenvalue weighted by Crippen LogP contribution is -2.39. The van der Waals surface area contributed by atoms with Crippen molar-refractivity contribution in [2.75, 3.05) is 18.4 Å². The van der Waals surface area contributed by atoms with Crippen LogP contribution in [0.3, 0.4) is 0 Å². The molecule has 8 nitrogen and oxygen atoms in total. The number of nitrogens with zero attached hydrogens (tertiary/aromatic N) is 2. The van der Waals surface area contributed by atoms with Crippen molar-refractivity contribution >= 4 is 23.4 Å². The quantitative estimate of drug-likeness (QED) is 0.616. The maximum atomic E-state index is 12.0. The van der Waals surface area contributed by atoms with Crippen LogP contribution in [-0.4, -0.2) is 40.0 Å². The average molecular weight is 295 g/mol. The zero-order chi connectivity index (χ0) is 16.0. The van der Waals surface area contributed by atoms with E-state index >= 15 is 0 Å². The Kier molecular flexibility index (Phi) is 5.65. The van der Waals surface area contributed by atoms with Crippen molar-refractivity contribution in [3.8, 4) is 0 Å². The zero-order valence-electron chi connectivity index (χ0n) is 11.8. The van der Waals surface area contributed by atoms with Gasteiger partial charge in [-0.25, -0.2) is 4.79 Å².